The number of nitrogens with zero attached hydrogens (tertiary/aromatic N) is 1. The Morgan fingerprint density at radius 3 is 2.69 bits per heavy atom. The first-order chi connectivity index (χ1) is 7.79. The SMILES string of the molecule is COC(=O)CN1CCC(C2CCCN2)CC1. The third-order valence-corrected chi connectivity index (χ3v) is 3.88. The molecule has 2 heterocycles. The second-order valence-corrected chi connectivity index (χ2v) is 4.89. The number of ether oxygens (including phenoxy) is 1. The summed E-state index contributed by atoms with van der Waals surface area (Å²) in [5.74, 6) is 0.703. The van der Waals surface area contributed by atoms with E-state index in [0.717, 1.165) is 25.0 Å². The Morgan fingerprint density at radius 2 is 2.12 bits per heavy atom. The van der Waals surface area contributed by atoms with Crippen molar-refractivity contribution in [3.8, 4) is 0 Å². The molecule has 0 aromatic rings. The summed E-state index contributed by atoms with van der Waals surface area (Å²) in [7, 11) is 1.46. The van der Waals surface area contributed by atoms with Crippen LogP contribution in [-0.2, 0) is 9.53 Å². The van der Waals surface area contributed by atoms with Crippen molar-refractivity contribution in [1.29, 1.82) is 0 Å². The van der Waals surface area contributed by atoms with Crippen LogP contribution < -0.4 is 5.32 Å². The third-order valence-electron chi connectivity index (χ3n) is 3.88. The first-order valence-electron chi connectivity index (χ1n) is 6.32. The van der Waals surface area contributed by atoms with Crippen LogP contribution in [0.4, 0.5) is 0 Å². The molecule has 4 heteroatoms. The molecule has 2 aliphatic heterocycles. The molecule has 1 N–H and O–H groups in total. The summed E-state index contributed by atoms with van der Waals surface area (Å²) in [4.78, 5) is 13.3. The Bertz CT molecular complexity index is 231. The molecule has 0 saturated carbocycles. The fourth-order valence-electron chi connectivity index (χ4n) is 2.87. The molecule has 2 fully saturated rings. The summed E-state index contributed by atoms with van der Waals surface area (Å²) in [6.07, 6.45) is 5.10. The molecule has 0 aliphatic carbocycles. The van der Waals surface area contributed by atoms with Gasteiger partial charge in [0.05, 0.1) is 13.7 Å². The van der Waals surface area contributed by atoms with Gasteiger partial charge in [0.15, 0.2) is 0 Å². The molecule has 2 saturated heterocycles. The largest absolute Gasteiger partial charge is 0.468 e. The quantitative estimate of drug-likeness (QED) is 0.716. The monoisotopic (exact) mass is 226 g/mol. The Morgan fingerprint density at radius 1 is 1.38 bits per heavy atom. The van der Waals surface area contributed by atoms with Crippen molar-refractivity contribution in [1.82, 2.24) is 10.2 Å². The van der Waals surface area contributed by atoms with E-state index in [1.807, 2.05) is 0 Å². The zero-order chi connectivity index (χ0) is 11.4. The van der Waals surface area contributed by atoms with E-state index in [4.69, 9.17) is 0 Å². The lowest BCUT2D eigenvalue weighted by Gasteiger charge is -2.34. The predicted molar refractivity (Wildman–Crippen MR) is 62.2 cm³/mol. The van der Waals surface area contributed by atoms with Crippen molar-refractivity contribution in [3.63, 3.8) is 0 Å². The molecule has 0 bridgehead atoms. The Balaban J connectivity index is 1.71. The highest BCUT2D eigenvalue weighted by molar-refractivity contribution is 5.71. The minimum absolute atomic E-state index is 0.113. The topological polar surface area (TPSA) is 41.6 Å². The zero-order valence-corrected chi connectivity index (χ0v) is 10.1. The summed E-state index contributed by atoms with van der Waals surface area (Å²) in [6, 6.07) is 0.736. The van der Waals surface area contributed by atoms with Crippen LogP contribution in [0.1, 0.15) is 25.7 Å². The number of methoxy groups -OCH3 is 1. The van der Waals surface area contributed by atoms with E-state index < -0.39 is 0 Å². The maximum atomic E-state index is 11.1. The van der Waals surface area contributed by atoms with Crippen LogP contribution in [0.2, 0.25) is 0 Å². The molecule has 2 rings (SSSR count). The maximum Gasteiger partial charge on any atom is 0.319 e. The molecule has 0 amide bonds. The number of esters is 1. The molecular weight excluding hydrogens is 204 g/mol. The van der Waals surface area contributed by atoms with Gasteiger partial charge in [-0.2, -0.15) is 0 Å². The van der Waals surface area contributed by atoms with Gasteiger partial charge >= 0.3 is 5.97 Å². The third kappa shape index (κ3) is 2.95. The van der Waals surface area contributed by atoms with Crippen LogP contribution in [0, 0.1) is 5.92 Å². The summed E-state index contributed by atoms with van der Waals surface area (Å²) < 4.78 is 4.69. The molecule has 2 aliphatic rings. The van der Waals surface area contributed by atoms with Gasteiger partial charge in [-0.25, -0.2) is 0 Å². The Labute approximate surface area is 97.3 Å². The highest BCUT2D eigenvalue weighted by Crippen LogP contribution is 2.25. The molecule has 4 nitrogen and oxygen atoms in total. The number of carbonyl (C=O) groups excluding carboxylic acids is 1. The van der Waals surface area contributed by atoms with Crippen molar-refractivity contribution in [2.75, 3.05) is 33.3 Å². The van der Waals surface area contributed by atoms with Gasteiger partial charge in [0, 0.05) is 6.04 Å². The van der Waals surface area contributed by atoms with Crippen LogP contribution >= 0.6 is 0 Å². The fraction of sp³-hybridized carbons (Fsp3) is 0.917. The van der Waals surface area contributed by atoms with Crippen LogP contribution in [-0.4, -0.2) is 50.2 Å². The molecule has 0 aromatic carbocycles. The molecule has 92 valence electrons. The van der Waals surface area contributed by atoms with Gasteiger partial charge in [-0.05, 0) is 51.2 Å². The molecule has 1 atom stereocenters. The van der Waals surface area contributed by atoms with Gasteiger partial charge in [-0.3, -0.25) is 9.69 Å². The molecular formula is C12H22N2O2. The van der Waals surface area contributed by atoms with E-state index in [1.54, 1.807) is 0 Å². The van der Waals surface area contributed by atoms with Crippen LogP contribution in [0.25, 0.3) is 0 Å². The number of likely N-dealkylation sites (tertiary alicyclic amines) is 1. The average Bonchev–Trinajstić information content (AvgIpc) is 2.83. The lowest BCUT2D eigenvalue weighted by Crippen LogP contribution is -2.42. The molecule has 16 heavy (non-hydrogen) atoms. The van der Waals surface area contributed by atoms with Crippen LogP contribution in [0.15, 0.2) is 0 Å². The van der Waals surface area contributed by atoms with E-state index in [1.165, 1.54) is 39.3 Å². The van der Waals surface area contributed by atoms with Crippen molar-refractivity contribution < 1.29 is 9.53 Å². The molecule has 0 spiro atoms. The number of hydrogen-bond donors (Lipinski definition) is 1. The van der Waals surface area contributed by atoms with E-state index in [0.29, 0.717) is 6.54 Å². The smallest absolute Gasteiger partial charge is 0.319 e. The number of hydrogen-bond acceptors (Lipinski definition) is 4. The first-order valence-corrected chi connectivity index (χ1v) is 6.32. The zero-order valence-electron chi connectivity index (χ0n) is 10.1. The van der Waals surface area contributed by atoms with Gasteiger partial charge in [-0.1, -0.05) is 0 Å². The van der Waals surface area contributed by atoms with Gasteiger partial charge < -0.3 is 10.1 Å². The number of piperidine rings is 1. The van der Waals surface area contributed by atoms with Crippen LogP contribution in [0.5, 0.6) is 0 Å². The fourth-order valence-corrected chi connectivity index (χ4v) is 2.87. The number of rotatable bonds is 3. The highest BCUT2D eigenvalue weighted by atomic mass is 16.5. The minimum atomic E-state index is -0.113. The number of nitrogens with one attached hydrogen (secondary N) is 1. The standard InChI is InChI=1S/C12H22N2O2/c1-16-12(15)9-14-7-4-10(5-8-14)11-3-2-6-13-11/h10-11,13H,2-9H2,1H3. The van der Waals surface area contributed by atoms with Crippen molar-refractivity contribution in [3.05, 3.63) is 0 Å². The summed E-state index contributed by atoms with van der Waals surface area (Å²) in [5, 5.41) is 3.58. The lowest BCUT2D eigenvalue weighted by molar-refractivity contribution is -0.142. The predicted octanol–water partition coefficient (Wildman–Crippen LogP) is 0.623. The van der Waals surface area contributed by atoms with Gasteiger partial charge in [0.25, 0.3) is 0 Å². The van der Waals surface area contributed by atoms with Crippen molar-refractivity contribution in [2.45, 2.75) is 31.7 Å². The second kappa shape index (κ2) is 5.64. The van der Waals surface area contributed by atoms with Crippen molar-refractivity contribution >= 4 is 5.97 Å². The average molecular weight is 226 g/mol. The minimum Gasteiger partial charge on any atom is -0.468 e. The summed E-state index contributed by atoms with van der Waals surface area (Å²) in [5.41, 5.74) is 0. The molecule has 0 aromatic heterocycles. The van der Waals surface area contributed by atoms with E-state index in [9.17, 15) is 4.79 Å². The Kier molecular flexibility index (Phi) is 4.18. The van der Waals surface area contributed by atoms with E-state index in [2.05, 4.69) is 15.0 Å². The van der Waals surface area contributed by atoms with Gasteiger partial charge in [0.2, 0.25) is 0 Å². The lowest BCUT2D eigenvalue weighted by atomic mass is 9.88. The van der Waals surface area contributed by atoms with E-state index in [-0.39, 0.29) is 5.97 Å². The van der Waals surface area contributed by atoms with Crippen LogP contribution in [0.3, 0.4) is 0 Å². The molecule has 1 unspecified atom stereocenters. The summed E-state index contributed by atoms with van der Waals surface area (Å²) >= 11 is 0. The van der Waals surface area contributed by atoms with E-state index >= 15 is 0 Å². The normalized spacial score (nSPS) is 28.2. The second-order valence-electron chi connectivity index (χ2n) is 4.89. The maximum absolute atomic E-state index is 11.1. The Hall–Kier alpha value is -0.610. The van der Waals surface area contributed by atoms with Gasteiger partial charge in [0.1, 0.15) is 0 Å². The first kappa shape index (κ1) is 11.9. The van der Waals surface area contributed by atoms with Gasteiger partial charge in [-0.15, -0.1) is 0 Å². The highest BCUT2D eigenvalue weighted by Gasteiger charge is 2.28. The number of carbonyl (C=O) groups is 1. The summed E-state index contributed by atoms with van der Waals surface area (Å²) in [6.45, 7) is 3.73. The molecule has 0 radical (unpaired) electrons. The van der Waals surface area contributed by atoms with Crippen molar-refractivity contribution in [2.24, 2.45) is 5.92 Å².